The SMILES string of the molecule is Cc1ccc(C(C)NCc2ccc(O)c(F)c2)o1. The van der Waals surface area contributed by atoms with E-state index >= 15 is 0 Å². The number of nitrogens with one attached hydrogen (secondary N) is 1. The first-order valence-electron chi connectivity index (χ1n) is 5.83. The van der Waals surface area contributed by atoms with Gasteiger partial charge in [0.15, 0.2) is 11.6 Å². The van der Waals surface area contributed by atoms with Crippen molar-refractivity contribution in [1.82, 2.24) is 5.32 Å². The van der Waals surface area contributed by atoms with Crippen LogP contribution >= 0.6 is 0 Å². The lowest BCUT2D eigenvalue weighted by Gasteiger charge is -2.11. The minimum absolute atomic E-state index is 0.0514. The highest BCUT2D eigenvalue weighted by atomic mass is 19.1. The Morgan fingerprint density at radius 2 is 2.11 bits per heavy atom. The summed E-state index contributed by atoms with van der Waals surface area (Å²) in [4.78, 5) is 0. The van der Waals surface area contributed by atoms with Crippen molar-refractivity contribution in [2.75, 3.05) is 0 Å². The van der Waals surface area contributed by atoms with Crippen molar-refractivity contribution in [1.29, 1.82) is 0 Å². The molecule has 1 atom stereocenters. The van der Waals surface area contributed by atoms with Gasteiger partial charge in [-0.25, -0.2) is 4.39 Å². The number of aryl methyl sites for hydroxylation is 1. The number of phenols is 1. The zero-order valence-corrected chi connectivity index (χ0v) is 10.4. The quantitative estimate of drug-likeness (QED) is 0.874. The molecule has 1 unspecified atom stereocenters. The van der Waals surface area contributed by atoms with Crippen LogP contribution in [0.4, 0.5) is 4.39 Å². The van der Waals surface area contributed by atoms with Crippen molar-refractivity contribution in [2.24, 2.45) is 0 Å². The molecule has 2 aromatic rings. The van der Waals surface area contributed by atoms with E-state index < -0.39 is 5.82 Å². The average molecular weight is 249 g/mol. The Hall–Kier alpha value is -1.81. The zero-order valence-electron chi connectivity index (χ0n) is 10.4. The molecule has 0 aliphatic carbocycles. The summed E-state index contributed by atoms with van der Waals surface area (Å²) in [5.41, 5.74) is 0.778. The maximum Gasteiger partial charge on any atom is 0.165 e. The molecule has 2 N–H and O–H groups in total. The standard InChI is InChI=1S/C14H16FNO2/c1-9-3-6-14(18-9)10(2)16-8-11-4-5-13(17)12(15)7-11/h3-7,10,16-17H,8H2,1-2H3. The fourth-order valence-electron chi connectivity index (χ4n) is 1.72. The molecule has 0 saturated heterocycles. The van der Waals surface area contributed by atoms with E-state index in [2.05, 4.69) is 5.32 Å². The van der Waals surface area contributed by atoms with Crippen LogP contribution in [-0.2, 0) is 6.54 Å². The molecule has 0 aliphatic heterocycles. The molecule has 0 aliphatic rings. The molecule has 0 spiro atoms. The van der Waals surface area contributed by atoms with Gasteiger partial charge in [-0.15, -0.1) is 0 Å². The third-order valence-electron chi connectivity index (χ3n) is 2.81. The van der Waals surface area contributed by atoms with Gasteiger partial charge in [0.25, 0.3) is 0 Å². The van der Waals surface area contributed by atoms with E-state index in [1.165, 1.54) is 12.1 Å². The Labute approximate surface area is 105 Å². The molecule has 1 aromatic heterocycles. The van der Waals surface area contributed by atoms with Gasteiger partial charge in [-0.1, -0.05) is 6.07 Å². The Morgan fingerprint density at radius 1 is 1.33 bits per heavy atom. The van der Waals surface area contributed by atoms with E-state index in [1.807, 2.05) is 26.0 Å². The lowest BCUT2D eigenvalue weighted by atomic mass is 10.2. The number of halogens is 1. The van der Waals surface area contributed by atoms with Crippen molar-refractivity contribution in [3.63, 3.8) is 0 Å². The molecule has 0 fully saturated rings. The molecule has 2 rings (SSSR count). The number of furan rings is 1. The van der Waals surface area contributed by atoms with Gasteiger partial charge < -0.3 is 14.8 Å². The molecule has 0 amide bonds. The monoisotopic (exact) mass is 249 g/mol. The van der Waals surface area contributed by atoms with Crippen LogP contribution in [0.3, 0.4) is 0 Å². The minimum Gasteiger partial charge on any atom is -0.505 e. The Bertz CT molecular complexity index is 536. The third-order valence-corrected chi connectivity index (χ3v) is 2.81. The predicted octanol–water partition coefficient (Wildman–Crippen LogP) is 3.28. The fourth-order valence-corrected chi connectivity index (χ4v) is 1.72. The van der Waals surface area contributed by atoms with Crippen molar-refractivity contribution in [3.05, 3.63) is 53.2 Å². The molecule has 1 aromatic carbocycles. The second-order valence-corrected chi connectivity index (χ2v) is 4.34. The summed E-state index contributed by atoms with van der Waals surface area (Å²) in [6.07, 6.45) is 0. The van der Waals surface area contributed by atoms with Crippen LogP contribution in [0.5, 0.6) is 5.75 Å². The van der Waals surface area contributed by atoms with Gasteiger partial charge in [0.2, 0.25) is 0 Å². The maximum absolute atomic E-state index is 13.1. The Kier molecular flexibility index (Phi) is 3.67. The Balaban J connectivity index is 1.97. The van der Waals surface area contributed by atoms with E-state index in [9.17, 15) is 4.39 Å². The largest absolute Gasteiger partial charge is 0.505 e. The first kappa shape index (κ1) is 12.6. The number of hydrogen-bond acceptors (Lipinski definition) is 3. The molecule has 18 heavy (non-hydrogen) atoms. The lowest BCUT2D eigenvalue weighted by Crippen LogP contribution is -2.17. The highest BCUT2D eigenvalue weighted by molar-refractivity contribution is 5.28. The van der Waals surface area contributed by atoms with Gasteiger partial charge in [0, 0.05) is 6.54 Å². The summed E-state index contributed by atoms with van der Waals surface area (Å²) in [7, 11) is 0. The normalized spacial score (nSPS) is 12.6. The number of benzene rings is 1. The number of rotatable bonds is 4. The van der Waals surface area contributed by atoms with Gasteiger partial charge in [0.05, 0.1) is 6.04 Å². The molecular weight excluding hydrogens is 233 g/mol. The highest BCUT2D eigenvalue weighted by Gasteiger charge is 2.09. The van der Waals surface area contributed by atoms with Crippen LogP contribution < -0.4 is 5.32 Å². The maximum atomic E-state index is 13.1. The number of hydrogen-bond donors (Lipinski definition) is 2. The number of aromatic hydroxyl groups is 1. The summed E-state index contributed by atoms with van der Waals surface area (Å²) in [5, 5.41) is 12.3. The van der Waals surface area contributed by atoms with Crippen LogP contribution in [0, 0.1) is 12.7 Å². The molecule has 0 saturated carbocycles. The summed E-state index contributed by atoms with van der Waals surface area (Å²) >= 11 is 0. The van der Waals surface area contributed by atoms with Crippen molar-refractivity contribution in [2.45, 2.75) is 26.4 Å². The molecule has 3 nitrogen and oxygen atoms in total. The van der Waals surface area contributed by atoms with E-state index in [0.717, 1.165) is 17.1 Å². The summed E-state index contributed by atoms with van der Waals surface area (Å²) in [5.74, 6) is 0.797. The van der Waals surface area contributed by atoms with Gasteiger partial charge in [-0.05, 0) is 43.7 Å². The fraction of sp³-hybridized carbons (Fsp3) is 0.286. The van der Waals surface area contributed by atoms with Crippen molar-refractivity contribution in [3.8, 4) is 5.75 Å². The predicted molar refractivity (Wildman–Crippen MR) is 66.8 cm³/mol. The minimum atomic E-state index is -0.601. The van der Waals surface area contributed by atoms with E-state index in [-0.39, 0.29) is 11.8 Å². The van der Waals surface area contributed by atoms with Crippen LogP contribution in [-0.4, -0.2) is 5.11 Å². The molecule has 0 radical (unpaired) electrons. The van der Waals surface area contributed by atoms with E-state index in [0.29, 0.717) is 6.54 Å². The zero-order chi connectivity index (χ0) is 13.1. The highest BCUT2D eigenvalue weighted by Crippen LogP contribution is 2.18. The van der Waals surface area contributed by atoms with Gasteiger partial charge in [0.1, 0.15) is 11.5 Å². The van der Waals surface area contributed by atoms with E-state index in [4.69, 9.17) is 9.52 Å². The molecule has 1 heterocycles. The average Bonchev–Trinajstić information content (AvgIpc) is 2.77. The Morgan fingerprint density at radius 3 is 2.72 bits per heavy atom. The van der Waals surface area contributed by atoms with Gasteiger partial charge >= 0.3 is 0 Å². The first-order valence-corrected chi connectivity index (χ1v) is 5.83. The molecule has 4 heteroatoms. The molecule has 96 valence electrons. The second-order valence-electron chi connectivity index (χ2n) is 4.34. The first-order chi connectivity index (χ1) is 8.56. The number of phenolic OH excluding ortho intramolecular Hbond substituents is 1. The third kappa shape index (κ3) is 2.90. The van der Waals surface area contributed by atoms with Crippen LogP contribution in [0.25, 0.3) is 0 Å². The van der Waals surface area contributed by atoms with Crippen LogP contribution in [0.2, 0.25) is 0 Å². The smallest absolute Gasteiger partial charge is 0.165 e. The van der Waals surface area contributed by atoms with Crippen LogP contribution in [0.1, 0.15) is 30.0 Å². The molecule has 0 bridgehead atoms. The van der Waals surface area contributed by atoms with Gasteiger partial charge in [-0.2, -0.15) is 0 Å². The second kappa shape index (κ2) is 5.23. The summed E-state index contributed by atoms with van der Waals surface area (Å²) in [6.45, 7) is 4.39. The summed E-state index contributed by atoms with van der Waals surface area (Å²) < 4.78 is 18.6. The van der Waals surface area contributed by atoms with Crippen LogP contribution in [0.15, 0.2) is 34.7 Å². The molecular formula is C14H16FNO2. The topological polar surface area (TPSA) is 45.4 Å². The summed E-state index contributed by atoms with van der Waals surface area (Å²) in [6, 6.07) is 8.25. The van der Waals surface area contributed by atoms with Crippen molar-refractivity contribution < 1.29 is 13.9 Å². The van der Waals surface area contributed by atoms with E-state index in [1.54, 1.807) is 6.07 Å². The lowest BCUT2D eigenvalue weighted by molar-refractivity contribution is 0.414. The van der Waals surface area contributed by atoms with Crippen molar-refractivity contribution >= 4 is 0 Å². The van der Waals surface area contributed by atoms with Gasteiger partial charge in [-0.3, -0.25) is 0 Å².